The SMILES string of the molecule is Fc1cccc(Cl)c1Cn1cc(Cl)c(N=C=S)n1. The van der Waals surface area contributed by atoms with Crippen molar-refractivity contribution in [1.82, 2.24) is 9.78 Å². The van der Waals surface area contributed by atoms with Gasteiger partial charge in [-0.1, -0.05) is 29.3 Å². The van der Waals surface area contributed by atoms with Gasteiger partial charge in [0.1, 0.15) is 10.8 Å². The lowest BCUT2D eigenvalue weighted by atomic mass is 10.2. The number of benzene rings is 1. The van der Waals surface area contributed by atoms with E-state index in [2.05, 4.69) is 27.5 Å². The third kappa shape index (κ3) is 2.76. The minimum atomic E-state index is -0.394. The fourth-order valence-corrected chi connectivity index (χ4v) is 1.93. The summed E-state index contributed by atoms with van der Waals surface area (Å²) in [5.41, 5.74) is 0.344. The molecule has 1 aromatic heterocycles. The van der Waals surface area contributed by atoms with E-state index in [0.717, 1.165) is 0 Å². The Labute approximate surface area is 118 Å². The average Bonchev–Trinajstić information content (AvgIpc) is 2.66. The fraction of sp³-hybridized carbons (Fsp3) is 0.0909. The molecular formula is C11H6Cl2FN3S. The van der Waals surface area contributed by atoms with Crippen LogP contribution in [0.5, 0.6) is 0 Å². The maximum absolute atomic E-state index is 13.6. The number of hydrogen-bond donors (Lipinski definition) is 0. The van der Waals surface area contributed by atoms with Gasteiger partial charge in [-0.25, -0.2) is 4.39 Å². The molecule has 0 aliphatic heterocycles. The van der Waals surface area contributed by atoms with Gasteiger partial charge in [-0.15, -0.1) is 0 Å². The van der Waals surface area contributed by atoms with Crippen LogP contribution in [-0.4, -0.2) is 14.9 Å². The summed E-state index contributed by atoms with van der Waals surface area (Å²) in [6.07, 6.45) is 1.52. The highest BCUT2D eigenvalue weighted by Gasteiger charge is 2.10. The maximum Gasteiger partial charge on any atom is 0.202 e. The predicted octanol–water partition coefficient (Wildman–Crippen LogP) is 4.11. The molecule has 0 unspecified atom stereocenters. The number of hydrogen-bond acceptors (Lipinski definition) is 3. The molecule has 1 aromatic carbocycles. The standard InChI is InChI=1S/C11H6Cl2FN3S/c12-8-2-1-3-10(14)7(8)4-17-5-9(13)11(16-17)15-6-18/h1-3,5H,4H2. The molecule has 0 radical (unpaired) electrons. The summed E-state index contributed by atoms with van der Waals surface area (Å²) in [5.74, 6) is -0.145. The number of halogens is 3. The van der Waals surface area contributed by atoms with Gasteiger partial charge < -0.3 is 0 Å². The summed E-state index contributed by atoms with van der Waals surface area (Å²) in [5, 5.41) is 6.87. The highest BCUT2D eigenvalue weighted by atomic mass is 35.5. The first-order valence-corrected chi connectivity index (χ1v) is 6.02. The number of rotatable bonds is 3. The van der Waals surface area contributed by atoms with Crippen molar-refractivity contribution in [3.63, 3.8) is 0 Å². The van der Waals surface area contributed by atoms with E-state index in [1.54, 1.807) is 12.1 Å². The van der Waals surface area contributed by atoms with Crippen molar-refractivity contribution in [1.29, 1.82) is 0 Å². The van der Waals surface area contributed by atoms with Crippen LogP contribution >= 0.6 is 35.4 Å². The lowest BCUT2D eigenvalue weighted by Crippen LogP contribution is -2.03. The number of aromatic nitrogens is 2. The Morgan fingerprint density at radius 2 is 2.17 bits per heavy atom. The lowest BCUT2D eigenvalue weighted by Gasteiger charge is -2.05. The number of aliphatic imine (C=N–C) groups is 1. The topological polar surface area (TPSA) is 30.2 Å². The quantitative estimate of drug-likeness (QED) is 0.631. The molecule has 3 nitrogen and oxygen atoms in total. The molecule has 0 spiro atoms. The Bertz CT molecular complexity index is 615. The number of isothiocyanates is 1. The lowest BCUT2D eigenvalue weighted by molar-refractivity contribution is 0.586. The first-order valence-electron chi connectivity index (χ1n) is 4.85. The minimum Gasteiger partial charge on any atom is -0.264 e. The second kappa shape index (κ2) is 5.59. The zero-order valence-corrected chi connectivity index (χ0v) is 11.2. The van der Waals surface area contributed by atoms with Crippen LogP contribution in [0.3, 0.4) is 0 Å². The third-order valence-electron chi connectivity index (χ3n) is 2.23. The van der Waals surface area contributed by atoms with Gasteiger partial charge in [-0.05, 0) is 24.4 Å². The molecule has 92 valence electrons. The molecule has 0 fully saturated rings. The Balaban J connectivity index is 2.34. The molecule has 2 aromatic rings. The molecule has 0 saturated carbocycles. The Morgan fingerprint density at radius 1 is 1.39 bits per heavy atom. The van der Waals surface area contributed by atoms with Gasteiger partial charge in [0.05, 0.1) is 11.7 Å². The van der Waals surface area contributed by atoms with E-state index in [1.807, 2.05) is 0 Å². The number of thiocarbonyl (C=S) groups is 1. The molecular weight excluding hydrogens is 296 g/mol. The van der Waals surface area contributed by atoms with Crippen LogP contribution < -0.4 is 0 Å². The normalized spacial score (nSPS) is 10.2. The van der Waals surface area contributed by atoms with Crippen molar-refractivity contribution in [2.45, 2.75) is 6.54 Å². The first kappa shape index (κ1) is 13.2. The van der Waals surface area contributed by atoms with Crippen molar-refractivity contribution in [2.75, 3.05) is 0 Å². The molecule has 0 saturated heterocycles. The summed E-state index contributed by atoms with van der Waals surface area (Å²) in [6, 6.07) is 4.49. The van der Waals surface area contributed by atoms with Crippen molar-refractivity contribution in [3.8, 4) is 0 Å². The Kier molecular flexibility index (Phi) is 4.09. The Hall–Kier alpha value is -1.26. The molecule has 0 atom stereocenters. The van der Waals surface area contributed by atoms with E-state index in [4.69, 9.17) is 23.2 Å². The zero-order valence-electron chi connectivity index (χ0n) is 8.90. The minimum absolute atomic E-state index is 0.165. The molecule has 0 N–H and O–H groups in total. The summed E-state index contributed by atoms with van der Waals surface area (Å²) in [7, 11) is 0. The van der Waals surface area contributed by atoms with Gasteiger partial charge in [0.25, 0.3) is 0 Å². The molecule has 0 aliphatic rings. The van der Waals surface area contributed by atoms with Crippen LogP contribution in [0, 0.1) is 5.82 Å². The van der Waals surface area contributed by atoms with Gasteiger partial charge in [0, 0.05) is 16.8 Å². The average molecular weight is 302 g/mol. The van der Waals surface area contributed by atoms with E-state index in [-0.39, 0.29) is 12.4 Å². The maximum atomic E-state index is 13.6. The highest BCUT2D eigenvalue weighted by molar-refractivity contribution is 7.78. The van der Waals surface area contributed by atoms with Gasteiger partial charge >= 0.3 is 0 Å². The fourth-order valence-electron chi connectivity index (χ4n) is 1.43. The van der Waals surface area contributed by atoms with Gasteiger partial charge in [-0.3, -0.25) is 4.68 Å². The summed E-state index contributed by atoms with van der Waals surface area (Å²) < 4.78 is 15.0. The second-order valence-corrected chi connectivity index (χ2v) is 4.40. The largest absolute Gasteiger partial charge is 0.264 e. The van der Waals surface area contributed by atoms with E-state index in [1.165, 1.54) is 16.9 Å². The van der Waals surface area contributed by atoms with Crippen LogP contribution in [0.25, 0.3) is 0 Å². The van der Waals surface area contributed by atoms with Crippen molar-refractivity contribution < 1.29 is 4.39 Å². The molecule has 0 amide bonds. The van der Waals surface area contributed by atoms with Crippen molar-refractivity contribution in [3.05, 3.63) is 45.8 Å². The van der Waals surface area contributed by atoms with Gasteiger partial charge in [-0.2, -0.15) is 10.1 Å². The second-order valence-electron chi connectivity index (χ2n) is 3.40. The van der Waals surface area contributed by atoms with Crippen molar-refractivity contribution >= 4 is 46.4 Å². The van der Waals surface area contributed by atoms with Crippen LogP contribution in [0.15, 0.2) is 29.4 Å². The van der Waals surface area contributed by atoms with E-state index in [0.29, 0.717) is 15.6 Å². The number of nitrogens with zero attached hydrogens (tertiary/aromatic N) is 3. The van der Waals surface area contributed by atoms with Crippen LogP contribution in [0.1, 0.15) is 5.56 Å². The molecule has 18 heavy (non-hydrogen) atoms. The monoisotopic (exact) mass is 301 g/mol. The van der Waals surface area contributed by atoms with E-state index >= 15 is 0 Å². The Morgan fingerprint density at radius 3 is 2.83 bits per heavy atom. The first-order chi connectivity index (χ1) is 8.61. The van der Waals surface area contributed by atoms with Gasteiger partial charge in [0.15, 0.2) is 0 Å². The smallest absolute Gasteiger partial charge is 0.202 e. The van der Waals surface area contributed by atoms with Crippen molar-refractivity contribution in [2.24, 2.45) is 4.99 Å². The predicted molar refractivity (Wildman–Crippen MR) is 72.4 cm³/mol. The van der Waals surface area contributed by atoms with E-state index in [9.17, 15) is 4.39 Å². The van der Waals surface area contributed by atoms with Gasteiger partial charge in [0.2, 0.25) is 5.82 Å². The molecule has 2 rings (SSSR count). The summed E-state index contributed by atoms with van der Waals surface area (Å²) >= 11 is 16.3. The molecule has 7 heteroatoms. The zero-order chi connectivity index (χ0) is 13.1. The highest BCUT2D eigenvalue weighted by Crippen LogP contribution is 2.24. The van der Waals surface area contributed by atoms with E-state index < -0.39 is 5.82 Å². The summed E-state index contributed by atoms with van der Waals surface area (Å²) in [4.78, 5) is 3.69. The third-order valence-corrected chi connectivity index (χ3v) is 2.94. The summed E-state index contributed by atoms with van der Waals surface area (Å²) in [6.45, 7) is 0.165. The molecule has 1 heterocycles. The van der Waals surface area contributed by atoms with Crippen LogP contribution in [-0.2, 0) is 6.54 Å². The van der Waals surface area contributed by atoms with Crippen LogP contribution in [0.4, 0.5) is 10.2 Å². The molecule has 0 aliphatic carbocycles. The molecule has 0 bridgehead atoms. The van der Waals surface area contributed by atoms with Crippen LogP contribution in [0.2, 0.25) is 10.0 Å².